The Morgan fingerprint density at radius 3 is 2.27 bits per heavy atom. The Kier molecular flexibility index (Phi) is 5.08. The van der Waals surface area contributed by atoms with Crippen molar-refractivity contribution in [3.05, 3.63) is 91.0 Å². The molecule has 3 aromatic carbocycles. The van der Waals surface area contributed by atoms with E-state index in [-0.39, 0.29) is 0 Å². The van der Waals surface area contributed by atoms with Crippen molar-refractivity contribution in [3.63, 3.8) is 0 Å². The molecule has 0 spiro atoms. The number of hydrogen-bond donors (Lipinski definition) is 0. The molecule has 4 nitrogen and oxygen atoms in total. The maximum Gasteiger partial charge on any atom is 0.326 e. The van der Waals surface area contributed by atoms with E-state index in [2.05, 4.69) is 35.5 Å². The van der Waals surface area contributed by atoms with Gasteiger partial charge in [-0.3, -0.25) is 0 Å². The maximum absolute atomic E-state index is 14.2. The molecule has 0 amide bonds. The van der Waals surface area contributed by atoms with Gasteiger partial charge in [-0.2, -0.15) is 0 Å². The maximum atomic E-state index is 14.2. The summed E-state index contributed by atoms with van der Waals surface area (Å²) in [5.41, 5.74) is 4.28. The monoisotopic (exact) mass is 416 g/mol. The van der Waals surface area contributed by atoms with E-state index < -0.39 is 8.02 Å². The average Bonchev–Trinajstić information content (AvgIpc) is 3.37. The molecule has 0 N–H and O–H groups in total. The lowest BCUT2D eigenvalue weighted by Crippen LogP contribution is -2.37. The summed E-state index contributed by atoms with van der Waals surface area (Å²) in [6.45, 7) is 5.36. The van der Waals surface area contributed by atoms with E-state index in [0.29, 0.717) is 11.8 Å². The molecule has 0 radical (unpaired) electrons. The van der Waals surface area contributed by atoms with Crippen LogP contribution in [0.4, 0.5) is 5.69 Å². The van der Waals surface area contributed by atoms with Gasteiger partial charge < -0.3 is 9.42 Å². The smallest absolute Gasteiger partial charge is 0.326 e. The zero-order chi connectivity index (χ0) is 20.6. The Morgan fingerprint density at radius 2 is 1.60 bits per heavy atom. The summed E-state index contributed by atoms with van der Waals surface area (Å²) in [7, 11) is -3.17. The molecular weight excluding hydrogens is 391 g/mol. The van der Waals surface area contributed by atoms with Crippen LogP contribution >= 0.6 is 8.02 Å². The van der Waals surface area contributed by atoms with Crippen LogP contribution in [0.5, 0.6) is 5.75 Å². The van der Waals surface area contributed by atoms with Crippen LogP contribution in [0.3, 0.4) is 0 Å². The van der Waals surface area contributed by atoms with Crippen molar-refractivity contribution < 1.29 is 9.42 Å². The number of hydrogen-bond acceptors (Lipinski definition) is 4. The highest BCUT2D eigenvalue weighted by Gasteiger charge is 2.58. The lowest BCUT2D eigenvalue weighted by atomic mass is 10.0. The Morgan fingerprint density at radius 1 is 0.933 bits per heavy atom. The largest absolute Gasteiger partial charge is 0.614 e. The first-order chi connectivity index (χ1) is 14.7. The quantitative estimate of drug-likeness (QED) is 0.522. The summed E-state index contributed by atoms with van der Waals surface area (Å²) in [6, 6.07) is 26.4. The second-order valence-electron chi connectivity index (χ2n) is 7.81. The van der Waals surface area contributed by atoms with Gasteiger partial charge in [-0.1, -0.05) is 67.3 Å². The Hall–Kier alpha value is -2.65. The van der Waals surface area contributed by atoms with Crippen molar-refractivity contribution in [1.82, 2.24) is 4.67 Å². The SMILES string of the molecule is C=Cc1ccc(-c2ccc(O[P+]3([O-])N(c4ccccc4)CC4CCCN43)cc2)cc1. The molecule has 30 heavy (non-hydrogen) atoms. The standard InChI is InChI=1S/C25H25N2O2P/c1-2-20-10-12-21(13-11-20)22-14-16-25(17-15-22)29-30(28)26-18-6-9-24(26)19-27(30)23-7-4-3-5-8-23/h2-5,7-8,10-17,24H,1,6,9,18-19H2. The van der Waals surface area contributed by atoms with Crippen molar-refractivity contribution in [2.24, 2.45) is 0 Å². The van der Waals surface area contributed by atoms with Crippen LogP contribution in [0.25, 0.3) is 17.2 Å². The van der Waals surface area contributed by atoms with Crippen LogP contribution in [-0.4, -0.2) is 23.8 Å². The minimum Gasteiger partial charge on any atom is -0.614 e. The normalized spacial score (nSPS) is 23.4. The van der Waals surface area contributed by atoms with E-state index >= 15 is 0 Å². The fourth-order valence-electron chi connectivity index (χ4n) is 4.39. The van der Waals surface area contributed by atoms with Crippen molar-refractivity contribution in [2.45, 2.75) is 18.9 Å². The molecule has 5 rings (SSSR count). The van der Waals surface area contributed by atoms with Crippen LogP contribution < -0.4 is 14.1 Å². The summed E-state index contributed by atoms with van der Waals surface area (Å²) in [5.74, 6) is 0.637. The molecule has 0 bridgehead atoms. The highest BCUT2D eigenvalue weighted by atomic mass is 31.2. The Bertz CT molecular complexity index is 1020. The third kappa shape index (κ3) is 3.41. The van der Waals surface area contributed by atoms with Gasteiger partial charge in [0.15, 0.2) is 5.75 Å². The topological polar surface area (TPSA) is 38.8 Å². The fraction of sp³-hybridized carbons (Fsp3) is 0.200. The molecule has 5 heteroatoms. The summed E-state index contributed by atoms with van der Waals surface area (Å²) >= 11 is 0. The molecule has 0 aliphatic carbocycles. The van der Waals surface area contributed by atoms with Crippen LogP contribution in [0.15, 0.2) is 85.4 Å². The molecule has 2 aliphatic rings. The first-order valence-corrected chi connectivity index (χ1v) is 11.9. The van der Waals surface area contributed by atoms with Crippen LogP contribution in [0.1, 0.15) is 18.4 Å². The third-order valence-corrected chi connectivity index (χ3v) is 8.60. The molecule has 2 aliphatic heterocycles. The molecule has 2 atom stereocenters. The second kappa shape index (κ2) is 7.88. The van der Waals surface area contributed by atoms with Gasteiger partial charge in [-0.15, -0.1) is 4.67 Å². The van der Waals surface area contributed by atoms with Gasteiger partial charge in [0, 0.05) is 6.54 Å². The Balaban J connectivity index is 1.41. The van der Waals surface area contributed by atoms with Gasteiger partial charge in [-0.05, 0) is 53.8 Å². The molecular formula is C25H25N2O2P. The summed E-state index contributed by atoms with van der Waals surface area (Å²) in [4.78, 5) is 14.2. The van der Waals surface area contributed by atoms with Gasteiger partial charge >= 0.3 is 8.02 Å². The number of nitrogens with zero attached hydrogens (tertiary/aromatic N) is 2. The van der Waals surface area contributed by atoms with Gasteiger partial charge in [0.2, 0.25) is 0 Å². The molecule has 0 saturated carbocycles. The highest BCUT2D eigenvalue weighted by Crippen LogP contribution is 2.66. The Labute approximate surface area is 178 Å². The molecule has 3 aromatic rings. The first kappa shape index (κ1) is 19.3. The van der Waals surface area contributed by atoms with Crippen LogP contribution in [0, 0.1) is 0 Å². The number of fused-ring (bicyclic) bond motifs is 1. The lowest BCUT2D eigenvalue weighted by Gasteiger charge is -2.36. The molecule has 2 heterocycles. The van der Waals surface area contributed by atoms with Gasteiger partial charge in [0.25, 0.3) is 0 Å². The van der Waals surface area contributed by atoms with Gasteiger partial charge in [0.05, 0.1) is 18.3 Å². The molecule has 0 aromatic heterocycles. The van der Waals surface area contributed by atoms with E-state index in [1.807, 2.05) is 65.3 Å². The molecule has 2 fully saturated rings. The highest BCUT2D eigenvalue weighted by molar-refractivity contribution is 7.64. The third-order valence-electron chi connectivity index (χ3n) is 5.97. The summed E-state index contributed by atoms with van der Waals surface area (Å²) in [6.07, 6.45) is 3.97. The van der Waals surface area contributed by atoms with Crippen molar-refractivity contribution in [2.75, 3.05) is 17.8 Å². The lowest BCUT2D eigenvalue weighted by molar-refractivity contribution is -0.197. The molecule has 2 unspecified atom stereocenters. The van der Waals surface area contributed by atoms with Crippen molar-refractivity contribution in [3.8, 4) is 16.9 Å². The van der Waals surface area contributed by atoms with E-state index in [1.54, 1.807) is 0 Å². The van der Waals surface area contributed by atoms with E-state index in [1.165, 1.54) is 0 Å². The van der Waals surface area contributed by atoms with Crippen molar-refractivity contribution >= 4 is 19.8 Å². The van der Waals surface area contributed by atoms with E-state index in [4.69, 9.17) is 4.52 Å². The van der Waals surface area contributed by atoms with Crippen LogP contribution in [0.2, 0.25) is 0 Å². The molecule has 152 valence electrons. The minimum atomic E-state index is -3.17. The zero-order valence-corrected chi connectivity index (χ0v) is 17.7. The number of anilines is 1. The summed E-state index contributed by atoms with van der Waals surface area (Å²) < 4.78 is 10.3. The zero-order valence-electron chi connectivity index (χ0n) is 16.9. The molecule has 2 saturated heterocycles. The predicted molar refractivity (Wildman–Crippen MR) is 123 cm³/mol. The van der Waals surface area contributed by atoms with Gasteiger partial charge in [0.1, 0.15) is 0 Å². The average molecular weight is 416 g/mol. The van der Waals surface area contributed by atoms with E-state index in [9.17, 15) is 4.89 Å². The number of benzene rings is 3. The number of para-hydroxylation sites is 1. The first-order valence-electron chi connectivity index (χ1n) is 10.4. The minimum absolute atomic E-state index is 0.290. The van der Waals surface area contributed by atoms with Crippen molar-refractivity contribution in [1.29, 1.82) is 0 Å². The van der Waals surface area contributed by atoms with Gasteiger partial charge in [-0.25, -0.2) is 4.67 Å². The van der Waals surface area contributed by atoms with E-state index in [0.717, 1.165) is 48.3 Å². The second-order valence-corrected chi connectivity index (χ2v) is 9.97. The predicted octanol–water partition coefficient (Wildman–Crippen LogP) is 5.40. The fourth-order valence-corrected chi connectivity index (χ4v) is 7.08. The summed E-state index contributed by atoms with van der Waals surface area (Å²) in [5, 5.41) is 0. The number of rotatable bonds is 5. The van der Waals surface area contributed by atoms with Crippen LogP contribution in [-0.2, 0) is 0 Å².